The average molecular weight is 406 g/mol. The molecule has 4 nitrogen and oxygen atoms in total. The summed E-state index contributed by atoms with van der Waals surface area (Å²) < 4.78 is 28.3. The third kappa shape index (κ3) is 3.49. The van der Waals surface area contributed by atoms with Crippen molar-refractivity contribution >= 4 is 53.3 Å². The first kappa shape index (κ1) is 14.4. The van der Waals surface area contributed by atoms with Gasteiger partial charge in [-0.2, -0.15) is 0 Å². The maximum absolute atomic E-state index is 12.2. The van der Waals surface area contributed by atoms with Crippen LogP contribution < -0.4 is 10.5 Å². The van der Waals surface area contributed by atoms with E-state index >= 15 is 0 Å². The molecule has 0 fully saturated rings. The van der Waals surface area contributed by atoms with Crippen molar-refractivity contribution in [3.05, 3.63) is 51.4 Å². The van der Waals surface area contributed by atoms with Crippen LogP contribution in [0.2, 0.25) is 0 Å². The van der Waals surface area contributed by atoms with Gasteiger partial charge in [0.2, 0.25) is 0 Å². The second-order valence-electron chi connectivity index (χ2n) is 3.80. The van der Waals surface area contributed by atoms with Crippen LogP contribution in [0, 0.1) is 0 Å². The molecule has 0 aliphatic carbocycles. The largest absolute Gasteiger partial charge is 0.398 e. The second-order valence-corrected chi connectivity index (χ2v) is 7.25. The van der Waals surface area contributed by atoms with Crippen LogP contribution in [-0.2, 0) is 10.0 Å². The first-order valence-corrected chi connectivity index (χ1v) is 8.29. The van der Waals surface area contributed by atoms with Crippen molar-refractivity contribution in [1.82, 2.24) is 0 Å². The Bertz CT molecular complexity index is 717. The maximum Gasteiger partial charge on any atom is 0.261 e. The number of nitrogens with one attached hydrogen (secondary N) is 1. The Morgan fingerprint density at radius 3 is 2.42 bits per heavy atom. The summed E-state index contributed by atoms with van der Waals surface area (Å²) in [5.41, 5.74) is 6.54. The minimum Gasteiger partial charge on any atom is -0.398 e. The molecule has 0 atom stereocenters. The molecule has 0 bridgehead atoms. The van der Waals surface area contributed by atoms with Crippen molar-refractivity contribution in [2.75, 3.05) is 10.5 Å². The molecule has 0 heterocycles. The van der Waals surface area contributed by atoms with Crippen molar-refractivity contribution in [2.45, 2.75) is 4.90 Å². The summed E-state index contributed by atoms with van der Waals surface area (Å²) in [6, 6.07) is 11.4. The van der Waals surface area contributed by atoms with E-state index in [1.807, 2.05) is 6.07 Å². The van der Waals surface area contributed by atoms with Crippen molar-refractivity contribution in [1.29, 1.82) is 0 Å². The SMILES string of the molecule is Nc1cc(S(=O)(=O)Nc2cccc(Br)c2)ccc1Br. The van der Waals surface area contributed by atoms with Gasteiger partial charge in [-0.05, 0) is 52.3 Å². The summed E-state index contributed by atoms with van der Waals surface area (Å²) in [5.74, 6) is 0. The van der Waals surface area contributed by atoms with Gasteiger partial charge in [-0.15, -0.1) is 0 Å². The number of nitrogens with two attached hydrogens (primary N) is 1. The van der Waals surface area contributed by atoms with E-state index < -0.39 is 10.0 Å². The number of hydrogen-bond donors (Lipinski definition) is 2. The summed E-state index contributed by atoms with van der Waals surface area (Å²) in [5, 5.41) is 0. The van der Waals surface area contributed by atoms with Gasteiger partial charge in [0, 0.05) is 20.3 Å². The van der Waals surface area contributed by atoms with E-state index in [2.05, 4.69) is 36.6 Å². The number of rotatable bonds is 3. The molecule has 0 saturated carbocycles. The minimum absolute atomic E-state index is 0.119. The van der Waals surface area contributed by atoms with Gasteiger partial charge < -0.3 is 5.73 Å². The standard InChI is InChI=1S/C12H10Br2N2O2S/c13-8-2-1-3-9(6-8)16-19(17,18)10-4-5-11(14)12(15)7-10/h1-7,16H,15H2. The molecule has 0 amide bonds. The van der Waals surface area contributed by atoms with Crippen LogP contribution in [0.4, 0.5) is 11.4 Å². The Morgan fingerprint density at radius 1 is 1.05 bits per heavy atom. The number of anilines is 2. The molecule has 0 saturated heterocycles. The number of halogens is 2. The highest BCUT2D eigenvalue weighted by Crippen LogP contribution is 2.25. The predicted octanol–water partition coefficient (Wildman–Crippen LogP) is 3.59. The Hall–Kier alpha value is -1.05. The summed E-state index contributed by atoms with van der Waals surface area (Å²) in [6.45, 7) is 0. The molecular formula is C12H10Br2N2O2S. The third-order valence-electron chi connectivity index (χ3n) is 2.35. The molecule has 0 unspecified atom stereocenters. The highest BCUT2D eigenvalue weighted by Gasteiger charge is 2.15. The first-order chi connectivity index (χ1) is 8.88. The summed E-state index contributed by atoms with van der Waals surface area (Å²) in [7, 11) is -3.64. The maximum atomic E-state index is 12.2. The smallest absolute Gasteiger partial charge is 0.261 e. The van der Waals surface area contributed by atoms with Crippen LogP contribution >= 0.6 is 31.9 Å². The fourth-order valence-electron chi connectivity index (χ4n) is 1.46. The van der Waals surface area contributed by atoms with E-state index in [4.69, 9.17) is 5.73 Å². The van der Waals surface area contributed by atoms with Crippen LogP contribution in [0.1, 0.15) is 0 Å². The first-order valence-electron chi connectivity index (χ1n) is 5.22. The molecule has 0 aliphatic rings. The van der Waals surface area contributed by atoms with Crippen LogP contribution in [0.25, 0.3) is 0 Å². The van der Waals surface area contributed by atoms with Gasteiger partial charge in [0.05, 0.1) is 4.90 Å². The van der Waals surface area contributed by atoms with Crippen LogP contribution in [0.5, 0.6) is 0 Å². The third-order valence-corrected chi connectivity index (χ3v) is 4.95. The van der Waals surface area contributed by atoms with Crippen LogP contribution in [-0.4, -0.2) is 8.42 Å². The number of hydrogen-bond acceptors (Lipinski definition) is 3. The van der Waals surface area contributed by atoms with Gasteiger partial charge in [0.25, 0.3) is 10.0 Å². The van der Waals surface area contributed by atoms with Gasteiger partial charge in [0.15, 0.2) is 0 Å². The zero-order valence-electron chi connectivity index (χ0n) is 9.60. The molecule has 2 aromatic carbocycles. The van der Waals surface area contributed by atoms with Crippen molar-refractivity contribution in [2.24, 2.45) is 0 Å². The van der Waals surface area contributed by atoms with Gasteiger partial charge in [0.1, 0.15) is 0 Å². The molecule has 19 heavy (non-hydrogen) atoms. The van der Waals surface area contributed by atoms with Gasteiger partial charge in [-0.25, -0.2) is 8.42 Å². The van der Waals surface area contributed by atoms with Crippen molar-refractivity contribution in [3.63, 3.8) is 0 Å². The van der Waals surface area contributed by atoms with E-state index in [0.717, 1.165) is 4.47 Å². The lowest BCUT2D eigenvalue weighted by atomic mass is 10.3. The normalized spacial score (nSPS) is 11.3. The Morgan fingerprint density at radius 2 is 1.79 bits per heavy atom. The molecular weight excluding hydrogens is 396 g/mol. The zero-order chi connectivity index (χ0) is 14.0. The Balaban J connectivity index is 2.35. The molecule has 0 aliphatic heterocycles. The number of sulfonamides is 1. The summed E-state index contributed by atoms with van der Waals surface area (Å²) >= 11 is 6.51. The van der Waals surface area contributed by atoms with E-state index in [1.165, 1.54) is 12.1 Å². The van der Waals surface area contributed by atoms with Crippen LogP contribution in [0.3, 0.4) is 0 Å². The highest BCUT2D eigenvalue weighted by atomic mass is 79.9. The minimum atomic E-state index is -3.64. The summed E-state index contributed by atoms with van der Waals surface area (Å²) in [6.07, 6.45) is 0. The number of benzene rings is 2. The van der Waals surface area contributed by atoms with Gasteiger partial charge in [-0.3, -0.25) is 4.72 Å². The molecule has 0 spiro atoms. The van der Waals surface area contributed by atoms with Gasteiger partial charge in [-0.1, -0.05) is 22.0 Å². The molecule has 0 radical (unpaired) electrons. The fourth-order valence-corrected chi connectivity index (χ4v) is 3.19. The molecule has 7 heteroatoms. The predicted molar refractivity (Wildman–Crippen MR) is 83.5 cm³/mol. The lowest BCUT2D eigenvalue weighted by Gasteiger charge is -2.09. The Kier molecular flexibility index (Phi) is 4.17. The van der Waals surface area contributed by atoms with Crippen molar-refractivity contribution < 1.29 is 8.42 Å². The topological polar surface area (TPSA) is 72.2 Å². The second kappa shape index (κ2) is 5.52. The highest BCUT2D eigenvalue weighted by molar-refractivity contribution is 9.10. The quantitative estimate of drug-likeness (QED) is 0.766. The fraction of sp³-hybridized carbons (Fsp3) is 0. The lowest BCUT2D eigenvalue weighted by Crippen LogP contribution is -2.13. The van der Waals surface area contributed by atoms with E-state index in [9.17, 15) is 8.42 Å². The van der Waals surface area contributed by atoms with Crippen molar-refractivity contribution in [3.8, 4) is 0 Å². The lowest BCUT2D eigenvalue weighted by molar-refractivity contribution is 0.601. The van der Waals surface area contributed by atoms with E-state index in [0.29, 0.717) is 15.8 Å². The molecule has 3 N–H and O–H groups in total. The number of nitrogen functional groups attached to an aromatic ring is 1. The molecule has 2 aromatic rings. The van der Waals surface area contributed by atoms with Crippen LogP contribution in [0.15, 0.2) is 56.3 Å². The molecule has 2 rings (SSSR count). The Labute approximate surface area is 128 Å². The van der Waals surface area contributed by atoms with E-state index in [-0.39, 0.29) is 4.90 Å². The zero-order valence-corrected chi connectivity index (χ0v) is 13.6. The summed E-state index contributed by atoms with van der Waals surface area (Å²) in [4.78, 5) is 0.119. The van der Waals surface area contributed by atoms with Gasteiger partial charge >= 0.3 is 0 Å². The van der Waals surface area contributed by atoms with E-state index in [1.54, 1.807) is 24.3 Å². The monoisotopic (exact) mass is 404 g/mol. The molecule has 0 aromatic heterocycles. The average Bonchev–Trinajstić information content (AvgIpc) is 2.32. The molecule has 100 valence electrons.